The van der Waals surface area contributed by atoms with Gasteiger partial charge < -0.3 is 19.7 Å². The molecule has 1 saturated heterocycles. The number of morpholine rings is 1. The molecule has 3 atom stereocenters. The lowest BCUT2D eigenvalue weighted by atomic mass is 10.2. The maximum Gasteiger partial charge on any atom is 0.309 e. The first kappa shape index (κ1) is 16.8. The molecule has 1 amide bonds. The standard InChI is InChI=1S/C18H24N2O4/c1-12-11-16(12)18(22)24-13(2)17(21)19-14-3-5-15(6-4-14)20-7-9-23-10-8-20/h3-6,12-13,16H,7-11H2,1-2H3,(H,19,21)/t12-,13-,16-/m0/s1. The fourth-order valence-electron chi connectivity index (χ4n) is 2.79. The number of ether oxygens (including phenoxy) is 2. The molecule has 0 aromatic heterocycles. The summed E-state index contributed by atoms with van der Waals surface area (Å²) in [6.45, 7) is 6.83. The van der Waals surface area contributed by atoms with Gasteiger partial charge in [-0.3, -0.25) is 9.59 Å². The summed E-state index contributed by atoms with van der Waals surface area (Å²) in [6.07, 6.45) is 0.0696. The highest BCUT2D eigenvalue weighted by Crippen LogP contribution is 2.38. The van der Waals surface area contributed by atoms with Crippen molar-refractivity contribution in [1.82, 2.24) is 0 Å². The first-order valence-corrected chi connectivity index (χ1v) is 8.48. The molecule has 2 aliphatic rings. The second-order valence-corrected chi connectivity index (χ2v) is 6.53. The zero-order valence-corrected chi connectivity index (χ0v) is 14.2. The summed E-state index contributed by atoms with van der Waals surface area (Å²) in [6, 6.07) is 7.67. The number of anilines is 2. The molecule has 6 nitrogen and oxygen atoms in total. The van der Waals surface area contributed by atoms with Crippen LogP contribution in [-0.4, -0.2) is 44.3 Å². The molecule has 0 spiro atoms. The molecule has 6 heteroatoms. The molecule has 1 aliphatic carbocycles. The zero-order chi connectivity index (χ0) is 17.1. The first-order chi connectivity index (χ1) is 11.5. The van der Waals surface area contributed by atoms with Crippen molar-refractivity contribution in [2.45, 2.75) is 26.4 Å². The van der Waals surface area contributed by atoms with Crippen LogP contribution in [0.2, 0.25) is 0 Å². The molecule has 1 aliphatic heterocycles. The average molecular weight is 332 g/mol. The number of carbonyl (C=O) groups excluding carboxylic acids is 2. The Kier molecular flexibility index (Phi) is 5.04. The van der Waals surface area contributed by atoms with Gasteiger partial charge in [0.25, 0.3) is 5.91 Å². The van der Waals surface area contributed by atoms with Gasteiger partial charge in [-0.05, 0) is 43.5 Å². The monoisotopic (exact) mass is 332 g/mol. The fraction of sp³-hybridized carbons (Fsp3) is 0.556. The van der Waals surface area contributed by atoms with E-state index in [1.54, 1.807) is 6.92 Å². The lowest BCUT2D eigenvalue weighted by molar-refractivity contribution is -0.154. The molecular weight excluding hydrogens is 308 g/mol. The van der Waals surface area contributed by atoms with E-state index in [0.29, 0.717) is 11.6 Å². The minimum absolute atomic E-state index is 0.0342. The second kappa shape index (κ2) is 7.21. The van der Waals surface area contributed by atoms with Crippen LogP contribution in [0.1, 0.15) is 20.3 Å². The lowest BCUT2D eigenvalue weighted by Gasteiger charge is -2.28. The second-order valence-electron chi connectivity index (χ2n) is 6.53. The van der Waals surface area contributed by atoms with Gasteiger partial charge in [-0.15, -0.1) is 0 Å². The Morgan fingerprint density at radius 3 is 2.46 bits per heavy atom. The van der Waals surface area contributed by atoms with E-state index < -0.39 is 6.10 Å². The van der Waals surface area contributed by atoms with Gasteiger partial charge in [0.15, 0.2) is 6.10 Å². The third-order valence-electron chi connectivity index (χ3n) is 4.59. The Morgan fingerprint density at radius 2 is 1.88 bits per heavy atom. The lowest BCUT2D eigenvalue weighted by Crippen LogP contribution is -2.36. The van der Waals surface area contributed by atoms with Gasteiger partial charge in [-0.25, -0.2) is 0 Å². The van der Waals surface area contributed by atoms with E-state index in [0.717, 1.165) is 38.4 Å². The summed E-state index contributed by atoms with van der Waals surface area (Å²) in [7, 11) is 0. The molecular formula is C18H24N2O4. The van der Waals surface area contributed by atoms with Crippen LogP contribution >= 0.6 is 0 Å². The van der Waals surface area contributed by atoms with Gasteiger partial charge >= 0.3 is 5.97 Å². The van der Waals surface area contributed by atoms with Crippen molar-refractivity contribution in [2.75, 3.05) is 36.5 Å². The quantitative estimate of drug-likeness (QED) is 0.836. The van der Waals surface area contributed by atoms with E-state index >= 15 is 0 Å². The van der Waals surface area contributed by atoms with Gasteiger partial charge in [-0.2, -0.15) is 0 Å². The highest BCUT2D eigenvalue weighted by molar-refractivity contribution is 5.95. The average Bonchev–Trinajstić information content (AvgIpc) is 3.33. The number of benzene rings is 1. The molecule has 130 valence electrons. The van der Waals surface area contributed by atoms with Crippen molar-refractivity contribution in [3.8, 4) is 0 Å². The highest BCUT2D eigenvalue weighted by Gasteiger charge is 2.41. The number of nitrogens with one attached hydrogen (secondary N) is 1. The van der Waals surface area contributed by atoms with Gasteiger partial charge in [0, 0.05) is 24.5 Å². The SMILES string of the molecule is C[C@H](OC(=O)[C@H]1C[C@@H]1C)C(=O)Nc1ccc(N2CCOCC2)cc1. The number of hydrogen-bond acceptors (Lipinski definition) is 5. The molecule has 0 radical (unpaired) electrons. The van der Waals surface area contributed by atoms with Crippen LogP contribution in [0.15, 0.2) is 24.3 Å². The third kappa shape index (κ3) is 4.06. The molecule has 1 heterocycles. The van der Waals surface area contributed by atoms with Crippen LogP contribution in [0.4, 0.5) is 11.4 Å². The maximum atomic E-state index is 12.1. The van der Waals surface area contributed by atoms with Gasteiger partial charge in [0.1, 0.15) is 0 Å². The van der Waals surface area contributed by atoms with Crippen molar-refractivity contribution < 1.29 is 19.1 Å². The molecule has 1 aromatic rings. The predicted molar refractivity (Wildman–Crippen MR) is 90.9 cm³/mol. The largest absolute Gasteiger partial charge is 0.452 e. The zero-order valence-electron chi connectivity index (χ0n) is 14.2. The summed E-state index contributed by atoms with van der Waals surface area (Å²) < 4.78 is 10.6. The summed E-state index contributed by atoms with van der Waals surface area (Å²) in [5, 5.41) is 2.79. The molecule has 1 saturated carbocycles. The van der Waals surface area contributed by atoms with Gasteiger partial charge in [-0.1, -0.05) is 6.92 Å². The minimum atomic E-state index is -0.788. The van der Waals surface area contributed by atoms with E-state index in [-0.39, 0.29) is 17.8 Å². The van der Waals surface area contributed by atoms with Crippen LogP contribution in [0, 0.1) is 11.8 Å². The van der Waals surface area contributed by atoms with Crippen LogP contribution in [0.25, 0.3) is 0 Å². The molecule has 1 N–H and O–H groups in total. The van der Waals surface area contributed by atoms with Crippen molar-refractivity contribution in [1.29, 1.82) is 0 Å². The number of nitrogens with zero attached hydrogens (tertiary/aromatic N) is 1. The van der Waals surface area contributed by atoms with E-state index in [9.17, 15) is 9.59 Å². The Balaban J connectivity index is 1.51. The molecule has 0 unspecified atom stereocenters. The summed E-state index contributed by atoms with van der Waals surface area (Å²) in [5.41, 5.74) is 1.80. The molecule has 3 rings (SSSR count). The van der Waals surface area contributed by atoms with Crippen molar-refractivity contribution >= 4 is 23.3 Å². The van der Waals surface area contributed by atoms with Crippen molar-refractivity contribution in [2.24, 2.45) is 11.8 Å². The van der Waals surface area contributed by atoms with E-state index in [1.807, 2.05) is 31.2 Å². The Morgan fingerprint density at radius 1 is 1.25 bits per heavy atom. The third-order valence-corrected chi connectivity index (χ3v) is 4.59. The number of amides is 1. The van der Waals surface area contributed by atoms with Gasteiger partial charge in [0.2, 0.25) is 0 Å². The molecule has 24 heavy (non-hydrogen) atoms. The number of esters is 1. The Labute approximate surface area is 142 Å². The molecule has 0 bridgehead atoms. The van der Waals surface area contributed by atoms with Crippen LogP contribution in [-0.2, 0) is 19.1 Å². The van der Waals surface area contributed by atoms with E-state index in [4.69, 9.17) is 9.47 Å². The summed E-state index contributed by atoms with van der Waals surface area (Å²) >= 11 is 0. The highest BCUT2D eigenvalue weighted by atomic mass is 16.5. The smallest absolute Gasteiger partial charge is 0.309 e. The number of rotatable bonds is 5. The number of carbonyl (C=O) groups is 2. The topological polar surface area (TPSA) is 67.9 Å². The van der Waals surface area contributed by atoms with Crippen LogP contribution in [0.5, 0.6) is 0 Å². The summed E-state index contributed by atoms with van der Waals surface area (Å²) in [5.74, 6) is -0.239. The number of hydrogen-bond donors (Lipinski definition) is 1. The Bertz CT molecular complexity index is 596. The normalized spacial score (nSPS) is 24.2. The van der Waals surface area contributed by atoms with E-state index in [1.165, 1.54) is 0 Å². The molecule has 1 aromatic carbocycles. The van der Waals surface area contributed by atoms with Crippen molar-refractivity contribution in [3.63, 3.8) is 0 Å². The fourth-order valence-corrected chi connectivity index (χ4v) is 2.79. The molecule has 2 fully saturated rings. The maximum absolute atomic E-state index is 12.1. The Hall–Kier alpha value is -2.08. The predicted octanol–water partition coefficient (Wildman–Crippen LogP) is 2.05. The minimum Gasteiger partial charge on any atom is -0.452 e. The van der Waals surface area contributed by atoms with Crippen LogP contribution < -0.4 is 10.2 Å². The summed E-state index contributed by atoms with van der Waals surface area (Å²) in [4.78, 5) is 26.2. The first-order valence-electron chi connectivity index (χ1n) is 8.48. The van der Waals surface area contributed by atoms with Crippen LogP contribution in [0.3, 0.4) is 0 Å². The van der Waals surface area contributed by atoms with Gasteiger partial charge in [0.05, 0.1) is 19.1 Å². The van der Waals surface area contributed by atoms with Crippen molar-refractivity contribution in [3.05, 3.63) is 24.3 Å². The van der Waals surface area contributed by atoms with E-state index in [2.05, 4.69) is 10.2 Å².